The fraction of sp³-hybridized carbons (Fsp3) is 1.00. The van der Waals surface area contributed by atoms with E-state index in [0.717, 1.165) is 0 Å². The van der Waals surface area contributed by atoms with Crippen molar-refractivity contribution in [3.8, 4) is 0 Å². The van der Waals surface area contributed by atoms with Crippen LogP contribution in [0.3, 0.4) is 0 Å². The molecule has 0 bridgehead atoms. The zero-order chi connectivity index (χ0) is 7.99. The molecule has 0 aromatic heterocycles. The summed E-state index contributed by atoms with van der Waals surface area (Å²) in [6.07, 6.45) is -0.595. The molecule has 10 heavy (non-hydrogen) atoms. The highest BCUT2D eigenvalue weighted by Gasteiger charge is 2.49. The Morgan fingerprint density at radius 3 is 1.90 bits per heavy atom. The number of ether oxygens (including phenoxy) is 1. The van der Waals surface area contributed by atoms with Crippen molar-refractivity contribution in [3.63, 3.8) is 0 Å². The second kappa shape index (κ2) is 1.95. The average molecular weight is 144 g/mol. The summed E-state index contributed by atoms with van der Waals surface area (Å²) in [5, 5.41) is 9.37. The molecule has 2 heteroatoms. The molecule has 1 saturated heterocycles. The van der Waals surface area contributed by atoms with Crippen molar-refractivity contribution in [1.82, 2.24) is 0 Å². The summed E-state index contributed by atoms with van der Waals surface area (Å²) in [6, 6.07) is 0. The molecule has 1 atom stereocenters. The molecule has 1 unspecified atom stereocenters. The maximum Gasteiger partial charge on any atom is 0.160 e. The Bertz CT molecular complexity index is 138. The highest BCUT2D eigenvalue weighted by atomic mass is 16.6. The Morgan fingerprint density at radius 2 is 1.80 bits per heavy atom. The van der Waals surface area contributed by atoms with Gasteiger partial charge in [-0.1, -0.05) is 27.7 Å². The van der Waals surface area contributed by atoms with Crippen LogP contribution in [0.15, 0.2) is 0 Å². The Hall–Kier alpha value is -0.0800. The van der Waals surface area contributed by atoms with Gasteiger partial charge < -0.3 is 9.84 Å². The lowest BCUT2D eigenvalue weighted by Crippen LogP contribution is -2.35. The van der Waals surface area contributed by atoms with E-state index in [-0.39, 0.29) is 10.8 Å². The van der Waals surface area contributed by atoms with Crippen molar-refractivity contribution >= 4 is 0 Å². The number of rotatable bonds is 0. The lowest BCUT2D eigenvalue weighted by atomic mass is 9.70. The molecule has 1 rings (SSSR count). The molecule has 60 valence electrons. The zero-order valence-electron chi connectivity index (χ0n) is 7.14. The number of hydrogen-bond donors (Lipinski definition) is 1. The monoisotopic (exact) mass is 144 g/mol. The standard InChI is InChI=1S/C8H16O2/c1-7(2)5-10-6(9)8(7,3)4/h6,9H,5H2,1-4H3. The first-order valence-corrected chi connectivity index (χ1v) is 3.67. The van der Waals surface area contributed by atoms with Gasteiger partial charge in [0.25, 0.3) is 0 Å². The van der Waals surface area contributed by atoms with Gasteiger partial charge in [-0.15, -0.1) is 0 Å². The second-order valence-corrected chi connectivity index (χ2v) is 4.27. The van der Waals surface area contributed by atoms with Crippen LogP contribution in [0.1, 0.15) is 27.7 Å². The fourth-order valence-corrected chi connectivity index (χ4v) is 1.02. The van der Waals surface area contributed by atoms with Gasteiger partial charge in [-0.05, 0) is 5.41 Å². The number of hydrogen-bond acceptors (Lipinski definition) is 2. The van der Waals surface area contributed by atoms with Gasteiger partial charge >= 0.3 is 0 Å². The predicted octanol–water partition coefficient (Wildman–Crippen LogP) is 1.39. The number of aliphatic hydroxyl groups excluding tert-OH is 1. The van der Waals surface area contributed by atoms with Crippen LogP contribution in [0.4, 0.5) is 0 Å². The molecule has 1 fully saturated rings. The molecule has 0 saturated carbocycles. The second-order valence-electron chi connectivity index (χ2n) is 4.27. The smallest absolute Gasteiger partial charge is 0.160 e. The summed E-state index contributed by atoms with van der Waals surface area (Å²) in [7, 11) is 0. The Kier molecular flexibility index (Phi) is 1.57. The Balaban J connectivity index is 2.84. The molecule has 0 spiro atoms. The lowest BCUT2D eigenvalue weighted by molar-refractivity contribution is -0.110. The molecular weight excluding hydrogens is 128 g/mol. The topological polar surface area (TPSA) is 29.5 Å². The van der Waals surface area contributed by atoms with Crippen LogP contribution in [0.2, 0.25) is 0 Å². The maximum absolute atomic E-state index is 9.37. The summed E-state index contributed by atoms with van der Waals surface area (Å²) in [6.45, 7) is 8.95. The maximum atomic E-state index is 9.37. The van der Waals surface area contributed by atoms with Gasteiger partial charge in [0.1, 0.15) is 0 Å². The SMILES string of the molecule is CC1(C)COC(O)C1(C)C. The summed E-state index contributed by atoms with van der Waals surface area (Å²) in [5.74, 6) is 0. The molecule has 0 aromatic carbocycles. The molecular formula is C8H16O2. The summed E-state index contributed by atoms with van der Waals surface area (Å²) in [4.78, 5) is 0. The van der Waals surface area contributed by atoms with Crippen molar-refractivity contribution < 1.29 is 9.84 Å². The largest absolute Gasteiger partial charge is 0.367 e. The molecule has 1 aliphatic heterocycles. The van der Waals surface area contributed by atoms with E-state index in [0.29, 0.717) is 6.61 Å². The van der Waals surface area contributed by atoms with Crippen LogP contribution < -0.4 is 0 Å². The molecule has 1 heterocycles. The van der Waals surface area contributed by atoms with E-state index in [1.807, 2.05) is 13.8 Å². The van der Waals surface area contributed by atoms with Crippen LogP contribution >= 0.6 is 0 Å². The Morgan fingerprint density at radius 1 is 1.30 bits per heavy atom. The molecule has 0 radical (unpaired) electrons. The average Bonchev–Trinajstić information content (AvgIpc) is 1.94. The summed E-state index contributed by atoms with van der Waals surface area (Å²) >= 11 is 0. The lowest BCUT2D eigenvalue weighted by Gasteiger charge is -2.33. The van der Waals surface area contributed by atoms with Gasteiger partial charge in [0.15, 0.2) is 6.29 Å². The first-order chi connectivity index (χ1) is 4.38. The third-order valence-electron chi connectivity index (χ3n) is 2.96. The molecule has 1 N–H and O–H groups in total. The minimum absolute atomic E-state index is 0.0897. The summed E-state index contributed by atoms with van der Waals surface area (Å²) in [5.41, 5.74) is -0.0284. The minimum Gasteiger partial charge on any atom is -0.367 e. The van der Waals surface area contributed by atoms with E-state index in [2.05, 4.69) is 13.8 Å². The van der Waals surface area contributed by atoms with Crippen LogP contribution in [0.5, 0.6) is 0 Å². The Labute approximate surface area is 62.2 Å². The van der Waals surface area contributed by atoms with Crippen molar-refractivity contribution in [1.29, 1.82) is 0 Å². The minimum atomic E-state index is -0.595. The van der Waals surface area contributed by atoms with Crippen molar-refractivity contribution in [3.05, 3.63) is 0 Å². The quantitative estimate of drug-likeness (QED) is 0.556. The molecule has 0 amide bonds. The fourth-order valence-electron chi connectivity index (χ4n) is 1.02. The summed E-state index contributed by atoms with van der Waals surface area (Å²) < 4.78 is 5.14. The van der Waals surface area contributed by atoms with Crippen molar-refractivity contribution in [2.24, 2.45) is 10.8 Å². The van der Waals surface area contributed by atoms with E-state index < -0.39 is 6.29 Å². The third-order valence-corrected chi connectivity index (χ3v) is 2.96. The van der Waals surface area contributed by atoms with Crippen molar-refractivity contribution in [2.45, 2.75) is 34.0 Å². The third kappa shape index (κ3) is 0.867. The highest BCUT2D eigenvalue weighted by Crippen LogP contribution is 2.47. The van der Waals surface area contributed by atoms with E-state index in [9.17, 15) is 5.11 Å². The van der Waals surface area contributed by atoms with Crippen LogP contribution in [-0.2, 0) is 4.74 Å². The van der Waals surface area contributed by atoms with Gasteiger partial charge in [-0.2, -0.15) is 0 Å². The van der Waals surface area contributed by atoms with E-state index in [1.54, 1.807) is 0 Å². The molecule has 1 aliphatic rings. The van der Waals surface area contributed by atoms with E-state index in [1.165, 1.54) is 0 Å². The molecule has 2 nitrogen and oxygen atoms in total. The van der Waals surface area contributed by atoms with Crippen molar-refractivity contribution in [2.75, 3.05) is 6.61 Å². The first-order valence-electron chi connectivity index (χ1n) is 3.67. The predicted molar refractivity (Wildman–Crippen MR) is 39.5 cm³/mol. The number of aliphatic hydroxyl groups is 1. The van der Waals surface area contributed by atoms with Gasteiger partial charge in [-0.3, -0.25) is 0 Å². The van der Waals surface area contributed by atoms with E-state index >= 15 is 0 Å². The van der Waals surface area contributed by atoms with Crippen LogP contribution in [0, 0.1) is 10.8 Å². The van der Waals surface area contributed by atoms with Gasteiger partial charge in [-0.25, -0.2) is 0 Å². The van der Waals surface area contributed by atoms with Crippen LogP contribution in [0.25, 0.3) is 0 Å². The first kappa shape index (κ1) is 8.02. The highest BCUT2D eigenvalue weighted by molar-refractivity contribution is 4.92. The molecule has 0 aliphatic carbocycles. The van der Waals surface area contributed by atoms with E-state index in [4.69, 9.17) is 4.74 Å². The van der Waals surface area contributed by atoms with Gasteiger partial charge in [0, 0.05) is 5.41 Å². The normalized spacial score (nSPS) is 36.3. The zero-order valence-corrected chi connectivity index (χ0v) is 7.14. The van der Waals surface area contributed by atoms with Gasteiger partial charge in [0.05, 0.1) is 6.61 Å². The van der Waals surface area contributed by atoms with Crippen LogP contribution in [-0.4, -0.2) is 18.0 Å². The molecule has 0 aromatic rings. The van der Waals surface area contributed by atoms with Gasteiger partial charge in [0.2, 0.25) is 0 Å².